The summed E-state index contributed by atoms with van der Waals surface area (Å²) in [5.41, 5.74) is -0.170. The molecule has 0 N–H and O–H groups in total. The lowest BCUT2D eigenvalue weighted by Gasteiger charge is -2.43. The van der Waals surface area contributed by atoms with E-state index >= 15 is 0 Å². The van der Waals surface area contributed by atoms with Gasteiger partial charge in [-0.1, -0.05) is 6.92 Å². The SMILES string of the molecule is CCCn1cnnc1C1CN(S(=O)(=O)c2ccc(F)cc2)CC12CCN(C(C)C)CC2. The van der Waals surface area contributed by atoms with Crippen molar-refractivity contribution >= 4 is 10.0 Å². The standard InChI is InChI=1S/C22H32FN5O2S/c1-4-11-27-16-24-25-21(27)20-14-28(31(29,30)19-7-5-18(23)6-8-19)15-22(20)9-12-26(13-10-22)17(2)3/h5-8,16-17,20H,4,9-15H2,1-3H3. The Balaban J connectivity index is 1.68. The molecule has 31 heavy (non-hydrogen) atoms. The van der Waals surface area contributed by atoms with Crippen LogP contribution < -0.4 is 0 Å². The van der Waals surface area contributed by atoms with E-state index in [4.69, 9.17) is 0 Å². The molecular weight excluding hydrogens is 417 g/mol. The highest BCUT2D eigenvalue weighted by Crippen LogP contribution is 2.50. The highest BCUT2D eigenvalue weighted by Gasteiger charge is 2.53. The Kier molecular flexibility index (Phi) is 6.20. The average Bonchev–Trinajstić information content (AvgIpc) is 3.34. The third-order valence-electron chi connectivity index (χ3n) is 7.01. The molecule has 2 aromatic rings. The number of likely N-dealkylation sites (tertiary alicyclic amines) is 1. The van der Waals surface area contributed by atoms with Gasteiger partial charge in [0.25, 0.3) is 0 Å². The van der Waals surface area contributed by atoms with E-state index in [1.165, 1.54) is 24.3 Å². The molecule has 2 fully saturated rings. The Hall–Kier alpha value is -1.84. The van der Waals surface area contributed by atoms with Crippen LogP contribution in [-0.2, 0) is 16.6 Å². The van der Waals surface area contributed by atoms with Crippen molar-refractivity contribution in [2.75, 3.05) is 26.2 Å². The highest BCUT2D eigenvalue weighted by atomic mass is 32.2. The molecule has 2 aliphatic heterocycles. The van der Waals surface area contributed by atoms with Crippen LogP contribution in [0.2, 0.25) is 0 Å². The number of piperidine rings is 1. The molecule has 3 heterocycles. The van der Waals surface area contributed by atoms with Crippen molar-refractivity contribution in [1.82, 2.24) is 24.0 Å². The van der Waals surface area contributed by atoms with Crippen LogP contribution >= 0.6 is 0 Å². The van der Waals surface area contributed by atoms with Gasteiger partial charge in [-0.2, -0.15) is 4.31 Å². The molecule has 2 aliphatic rings. The second-order valence-electron chi connectivity index (χ2n) is 9.18. The number of hydrogen-bond donors (Lipinski definition) is 0. The average molecular weight is 450 g/mol. The Labute approximate surface area is 184 Å². The molecule has 1 spiro atoms. The molecule has 0 saturated carbocycles. The molecule has 1 aromatic heterocycles. The van der Waals surface area contributed by atoms with Crippen molar-refractivity contribution in [3.8, 4) is 0 Å². The first-order valence-electron chi connectivity index (χ1n) is 11.1. The van der Waals surface area contributed by atoms with Crippen molar-refractivity contribution in [3.05, 3.63) is 42.2 Å². The summed E-state index contributed by atoms with van der Waals surface area (Å²) < 4.78 is 43.9. The molecule has 170 valence electrons. The first-order chi connectivity index (χ1) is 14.8. The van der Waals surface area contributed by atoms with Gasteiger partial charge in [-0.05, 0) is 75.9 Å². The molecular formula is C22H32FN5O2S. The summed E-state index contributed by atoms with van der Waals surface area (Å²) in [5, 5.41) is 8.60. The number of benzene rings is 1. The zero-order valence-corrected chi connectivity index (χ0v) is 19.4. The minimum absolute atomic E-state index is 0.00825. The van der Waals surface area contributed by atoms with E-state index in [1.54, 1.807) is 10.6 Å². The van der Waals surface area contributed by atoms with Crippen LogP contribution in [0.15, 0.2) is 35.5 Å². The number of sulfonamides is 1. The second kappa shape index (κ2) is 8.60. The summed E-state index contributed by atoms with van der Waals surface area (Å²) in [4.78, 5) is 2.59. The van der Waals surface area contributed by atoms with Gasteiger partial charge in [-0.3, -0.25) is 0 Å². The van der Waals surface area contributed by atoms with Gasteiger partial charge in [0.15, 0.2) is 0 Å². The number of aromatic nitrogens is 3. The summed E-state index contributed by atoms with van der Waals surface area (Å²) >= 11 is 0. The van der Waals surface area contributed by atoms with Crippen molar-refractivity contribution in [1.29, 1.82) is 0 Å². The predicted octanol–water partition coefficient (Wildman–Crippen LogP) is 3.11. The number of rotatable bonds is 6. The number of halogens is 1. The van der Waals surface area contributed by atoms with Crippen molar-refractivity contribution in [3.63, 3.8) is 0 Å². The fourth-order valence-electron chi connectivity index (χ4n) is 5.16. The van der Waals surface area contributed by atoms with Crippen LogP contribution in [0.1, 0.15) is 51.8 Å². The van der Waals surface area contributed by atoms with Gasteiger partial charge in [0, 0.05) is 31.6 Å². The van der Waals surface area contributed by atoms with Crippen LogP contribution in [0.3, 0.4) is 0 Å². The lowest BCUT2D eigenvalue weighted by molar-refractivity contribution is 0.0789. The first kappa shape index (κ1) is 22.4. The number of hydrogen-bond acceptors (Lipinski definition) is 5. The molecule has 1 aromatic carbocycles. The van der Waals surface area contributed by atoms with Gasteiger partial charge >= 0.3 is 0 Å². The van der Waals surface area contributed by atoms with Gasteiger partial charge in [0.2, 0.25) is 10.0 Å². The topological polar surface area (TPSA) is 71.3 Å². The molecule has 0 aliphatic carbocycles. The van der Waals surface area contributed by atoms with Crippen LogP contribution in [-0.4, -0.2) is 64.6 Å². The molecule has 9 heteroatoms. The maximum Gasteiger partial charge on any atom is 0.243 e. The molecule has 0 bridgehead atoms. The minimum atomic E-state index is -3.71. The van der Waals surface area contributed by atoms with Gasteiger partial charge in [-0.25, -0.2) is 12.8 Å². The zero-order chi connectivity index (χ0) is 22.2. The smallest absolute Gasteiger partial charge is 0.243 e. The van der Waals surface area contributed by atoms with Crippen LogP contribution in [0.25, 0.3) is 0 Å². The lowest BCUT2D eigenvalue weighted by atomic mass is 9.70. The number of nitrogens with zero attached hydrogens (tertiary/aromatic N) is 5. The molecule has 4 rings (SSSR count). The third kappa shape index (κ3) is 4.15. The van der Waals surface area contributed by atoms with Gasteiger partial charge < -0.3 is 9.47 Å². The molecule has 2 saturated heterocycles. The largest absolute Gasteiger partial charge is 0.317 e. The van der Waals surface area contributed by atoms with E-state index in [2.05, 4.69) is 40.4 Å². The zero-order valence-electron chi connectivity index (χ0n) is 18.5. The summed E-state index contributed by atoms with van der Waals surface area (Å²) in [6.45, 7) is 10.1. The summed E-state index contributed by atoms with van der Waals surface area (Å²) in [6.07, 6.45) is 4.56. The van der Waals surface area contributed by atoms with E-state index < -0.39 is 15.8 Å². The van der Waals surface area contributed by atoms with E-state index in [0.717, 1.165) is 44.7 Å². The minimum Gasteiger partial charge on any atom is -0.317 e. The molecule has 7 nitrogen and oxygen atoms in total. The summed E-state index contributed by atoms with van der Waals surface area (Å²) in [6, 6.07) is 5.58. The fraction of sp³-hybridized carbons (Fsp3) is 0.636. The van der Waals surface area contributed by atoms with E-state index in [0.29, 0.717) is 19.1 Å². The maximum atomic E-state index is 13.4. The van der Waals surface area contributed by atoms with Crippen molar-refractivity contribution in [2.24, 2.45) is 5.41 Å². The summed E-state index contributed by atoms with van der Waals surface area (Å²) in [7, 11) is -3.71. The summed E-state index contributed by atoms with van der Waals surface area (Å²) in [5.74, 6) is 0.436. The maximum absolute atomic E-state index is 13.4. The Bertz CT molecular complexity index is 997. The van der Waals surface area contributed by atoms with E-state index in [-0.39, 0.29) is 16.2 Å². The quantitative estimate of drug-likeness (QED) is 0.678. The van der Waals surface area contributed by atoms with Gasteiger partial charge in [0.05, 0.1) is 4.90 Å². The predicted molar refractivity (Wildman–Crippen MR) is 117 cm³/mol. The first-order valence-corrected chi connectivity index (χ1v) is 12.6. The van der Waals surface area contributed by atoms with Crippen LogP contribution in [0.4, 0.5) is 4.39 Å². The monoisotopic (exact) mass is 449 g/mol. The van der Waals surface area contributed by atoms with Gasteiger partial charge in [-0.15, -0.1) is 10.2 Å². The lowest BCUT2D eigenvalue weighted by Crippen LogP contribution is -2.46. The van der Waals surface area contributed by atoms with Gasteiger partial charge in [0.1, 0.15) is 18.0 Å². The van der Waals surface area contributed by atoms with E-state index in [1.807, 2.05) is 0 Å². The normalized spacial score (nSPS) is 22.5. The fourth-order valence-corrected chi connectivity index (χ4v) is 6.71. The van der Waals surface area contributed by atoms with E-state index in [9.17, 15) is 12.8 Å². The van der Waals surface area contributed by atoms with Crippen LogP contribution in [0.5, 0.6) is 0 Å². The second-order valence-corrected chi connectivity index (χ2v) is 11.1. The highest BCUT2D eigenvalue weighted by molar-refractivity contribution is 7.89. The third-order valence-corrected chi connectivity index (χ3v) is 8.84. The Morgan fingerprint density at radius 2 is 1.87 bits per heavy atom. The molecule has 0 amide bonds. The van der Waals surface area contributed by atoms with Crippen molar-refractivity contribution in [2.45, 2.75) is 63.4 Å². The molecule has 1 unspecified atom stereocenters. The Morgan fingerprint density at radius 3 is 2.48 bits per heavy atom. The van der Waals surface area contributed by atoms with Crippen molar-refractivity contribution < 1.29 is 12.8 Å². The Morgan fingerprint density at radius 1 is 1.19 bits per heavy atom. The molecule has 1 atom stereocenters. The number of aryl methyl sites for hydroxylation is 1. The molecule has 0 radical (unpaired) electrons. The van der Waals surface area contributed by atoms with Crippen LogP contribution in [0, 0.1) is 11.2 Å².